The Morgan fingerprint density at radius 3 is 2.74 bits per heavy atom. The van der Waals surface area contributed by atoms with Gasteiger partial charge in [-0.25, -0.2) is 0 Å². The van der Waals surface area contributed by atoms with Gasteiger partial charge in [-0.15, -0.1) is 0 Å². The first kappa shape index (κ1) is 13.0. The molecule has 1 aromatic heterocycles. The highest BCUT2D eigenvalue weighted by molar-refractivity contribution is 7.15. The van der Waals surface area contributed by atoms with E-state index in [2.05, 4.69) is 10.2 Å². The topological polar surface area (TPSA) is 58.4 Å². The second kappa shape index (κ2) is 5.56. The standard InChI is InChI=1S/C13H19N3O2S/c17-16(18)13-4-3-12(19-13)11(9-10-1-2-10)15-7-5-14-6-8-15/h3-4,10-11,14H,1-2,5-9H2/t11-/m1/s1. The van der Waals surface area contributed by atoms with Gasteiger partial charge in [0.05, 0.1) is 4.92 Å². The molecule has 1 aromatic rings. The van der Waals surface area contributed by atoms with E-state index in [1.54, 1.807) is 6.07 Å². The fraction of sp³-hybridized carbons (Fsp3) is 0.692. The summed E-state index contributed by atoms with van der Waals surface area (Å²) in [5.74, 6) is 0.834. The molecule has 1 N–H and O–H groups in total. The van der Waals surface area contributed by atoms with Crippen molar-refractivity contribution >= 4 is 16.3 Å². The van der Waals surface area contributed by atoms with Crippen molar-refractivity contribution in [3.05, 3.63) is 27.1 Å². The van der Waals surface area contributed by atoms with Crippen LogP contribution >= 0.6 is 11.3 Å². The third-order valence-corrected chi connectivity index (χ3v) is 5.10. The van der Waals surface area contributed by atoms with Crippen LogP contribution in [0.4, 0.5) is 5.00 Å². The second-order valence-corrected chi connectivity index (χ2v) is 6.51. The van der Waals surface area contributed by atoms with Crippen LogP contribution in [0.3, 0.4) is 0 Å². The van der Waals surface area contributed by atoms with Gasteiger partial charge in [-0.1, -0.05) is 24.2 Å². The third kappa shape index (κ3) is 3.13. The molecule has 2 fully saturated rings. The van der Waals surface area contributed by atoms with Crippen molar-refractivity contribution in [3.63, 3.8) is 0 Å². The fourth-order valence-electron chi connectivity index (χ4n) is 2.73. The first-order valence-corrected chi connectivity index (χ1v) is 7.74. The molecule has 1 saturated carbocycles. The van der Waals surface area contributed by atoms with Crippen molar-refractivity contribution < 1.29 is 4.92 Å². The molecule has 1 aliphatic carbocycles. The molecular formula is C13H19N3O2S. The first-order valence-electron chi connectivity index (χ1n) is 6.93. The zero-order chi connectivity index (χ0) is 13.2. The molecule has 0 bridgehead atoms. The van der Waals surface area contributed by atoms with E-state index in [-0.39, 0.29) is 9.92 Å². The summed E-state index contributed by atoms with van der Waals surface area (Å²) in [6, 6.07) is 3.99. The average Bonchev–Trinajstić information content (AvgIpc) is 3.11. The van der Waals surface area contributed by atoms with Crippen LogP contribution in [0.25, 0.3) is 0 Å². The Balaban J connectivity index is 1.77. The number of thiophene rings is 1. The summed E-state index contributed by atoms with van der Waals surface area (Å²) in [5, 5.41) is 14.5. The Morgan fingerprint density at radius 2 is 2.16 bits per heavy atom. The SMILES string of the molecule is O=[N+]([O-])c1ccc([C@@H](CC2CC2)N2CCNCC2)s1. The minimum Gasteiger partial charge on any atom is -0.314 e. The largest absolute Gasteiger partial charge is 0.324 e. The number of piperazine rings is 1. The fourth-order valence-corrected chi connectivity index (χ4v) is 3.70. The summed E-state index contributed by atoms with van der Waals surface area (Å²) in [4.78, 5) is 14.2. The van der Waals surface area contributed by atoms with Gasteiger partial charge in [0.2, 0.25) is 0 Å². The number of nitro groups is 1. The van der Waals surface area contributed by atoms with E-state index in [1.807, 2.05) is 6.07 Å². The Bertz CT molecular complexity index is 452. The molecule has 2 aliphatic rings. The van der Waals surface area contributed by atoms with E-state index in [0.717, 1.165) is 38.5 Å². The van der Waals surface area contributed by atoms with Crippen molar-refractivity contribution in [1.82, 2.24) is 10.2 Å². The predicted molar refractivity (Wildman–Crippen MR) is 75.5 cm³/mol. The second-order valence-electron chi connectivity index (χ2n) is 5.41. The van der Waals surface area contributed by atoms with Crippen LogP contribution < -0.4 is 5.32 Å². The van der Waals surface area contributed by atoms with Gasteiger partial charge in [-0.05, 0) is 18.4 Å². The van der Waals surface area contributed by atoms with Crippen molar-refractivity contribution in [2.24, 2.45) is 5.92 Å². The molecule has 0 unspecified atom stereocenters. The van der Waals surface area contributed by atoms with Crippen LogP contribution in [0.5, 0.6) is 0 Å². The van der Waals surface area contributed by atoms with Gasteiger partial charge in [0.15, 0.2) is 0 Å². The highest BCUT2D eigenvalue weighted by atomic mass is 32.1. The summed E-state index contributed by atoms with van der Waals surface area (Å²) in [5.41, 5.74) is 0. The van der Waals surface area contributed by atoms with Crippen LogP contribution in [-0.2, 0) is 0 Å². The van der Waals surface area contributed by atoms with E-state index in [1.165, 1.54) is 29.1 Å². The monoisotopic (exact) mass is 281 g/mol. The molecule has 0 radical (unpaired) electrons. The zero-order valence-corrected chi connectivity index (χ0v) is 11.7. The van der Waals surface area contributed by atoms with Crippen molar-refractivity contribution in [3.8, 4) is 0 Å². The van der Waals surface area contributed by atoms with Gasteiger partial charge in [0.25, 0.3) is 0 Å². The van der Waals surface area contributed by atoms with Crippen LogP contribution in [0.15, 0.2) is 12.1 Å². The molecule has 1 saturated heterocycles. The molecule has 19 heavy (non-hydrogen) atoms. The van der Waals surface area contributed by atoms with E-state index >= 15 is 0 Å². The lowest BCUT2D eigenvalue weighted by Crippen LogP contribution is -2.45. The molecule has 5 nitrogen and oxygen atoms in total. The van der Waals surface area contributed by atoms with Crippen molar-refractivity contribution in [1.29, 1.82) is 0 Å². The molecule has 2 heterocycles. The van der Waals surface area contributed by atoms with E-state index in [4.69, 9.17) is 0 Å². The number of rotatable bonds is 5. The van der Waals surface area contributed by atoms with Crippen molar-refractivity contribution in [2.45, 2.75) is 25.3 Å². The lowest BCUT2D eigenvalue weighted by Gasteiger charge is -2.34. The maximum atomic E-state index is 10.8. The van der Waals surface area contributed by atoms with Crippen LogP contribution in [0.1, 0.15) is 30.2 Å². The van der Waals surface area contributed by atoms with Gasteiger partial charge in [0.1, 0.15) is 0 Å². The Hall–Kier alpha value is -0.980. The summed E-state index contributed by atoms with van der Waals surface area (Å²) < 4.78 is 0. The van der Waals surface area contributed by atoms with Crippen molar-refractivity contribution in [2.75, 3.05) is 26.2 Å². The molecule has 6 heteroatoms. The van der Waals surface area contributed by atoms with E-state index in [0.29, 0.717) is 6.04 Å². The predicted octanol–water partition coefficient (Wildman–Crippen LogP) is 2.40. The highest BCUT2D eigenvalue weighted by Crippen LogP contribution is 2.42. The smallest absolute Gasteiger partial charge is 0.314 e. The lowest BCUT2D eigenvalue weighted by molar-refractivity contribution is -0.380. The summed E-state index contributed by atoms with van der Waals surface area (Å²) in [7, 11) is 0. The number of hydrogen-bond donors (Lipinski definition) is 1. The maximum absolute atomic E-state index is 10.8. The van der Waals surface area contributed by atoms with Gasteiger partial charge in [0, 0.05) is 43.2 Å². The highest BCUT2D eigenvalue weighted by Gasteiger charge is 2.31. The minimum atomic E-state index is -0.278. The normalized spacial score (nSPS) is 22.3. The zero-order valence-electron chi connectivity index (χ0n) is 10.9. The maximum Gasteiger partial charge on any atom is 0.324 e. The van der Waals surface area contributed by atoms with Gasteiger partial charge < -0.3 is 5.32 Å². The Kier molecular flexibility index (Phi) is 3.81. The first-order chi connectivity index (χ1) is 9.24. The minimum absolute atomic E-state index is 0.269. The molecule has 1 atom stereocenters. The van der Waals surface area contributed by atoms with E-state index in [9.17, 15) is 10.1 Å². The summed E-state index contributed by atoms with van der Waals surface area (Å²) >= 11 is 1.35. The van der Waals surface area contributed by atoms with Gasteiger partial charge in [-0.2, -0.15) is 0 Å². The molecule has 0 amide bonds. The molecule has 3 rings (SSSR count). The Morgan fingerprint density at radius 1 is 1.42 bits per heavy atom. The molecule has 0 spiro atoms. The molecule has 1 aliphatic heterocycles. The quantitative estimate of drug-likeness (QED) is 0.665. The van der Waals surface area contributed by atoms with Gasteiger partial charge >= 0.3 is 5.00 Å². The van der Waals surface area contributed by atoms with Crippen LogP contribution in [0, 0.1) is 16.0 Å². The number of nitrogens with zero attached hydrogens (tertiary/aromatic N) is 2. The molecule has 0 aromatic carbocycles. The van der Waals surface area contributed by atoms with E-state index < -0.39 is 0 Å². The third-order valence-electron chi connectivity index (χ3n) is 3.97. The Labute approximate surface area is 116 Å². The van der Waals surface area contributed by atoms with Crippen LogP contribution in [-0.4, -0.2) is 36.0 Å². The summed E-state index contributed by atoms with van der Waals surface area (Å²) in [6.07, 6.45) is 3.82. The van der Waals surface area contributed by atoms with Gasteiger partial charge in [-0.3, -0.25) is 15.0 Å². The molecular weight excluding hydrogens is 262 g/mol. The van der Waals surface area contributed by atoms with Crippen LogP contribution in [0.2, 0.25) is 0 Å². The lowest BCUT2D eigenvalue weighted by atomic mass is 10.1. The number of nitrogens with one attached hydrogen (secondary N) is 1. The molecule has 104 valence electrons. The number of hydrogen-bond acceptors (Lipinski definition) is 5. The average molecular weight is 281 g/mol. The summed E-state index contributed by atoms with van der Waals surface area (Å²) in [6.45, 7) is 4.13.